The van der Waals surface area contributed by atoms with E-state index < -0.39 is 5.54 Å². The second-order valence-corrected chi connectivity index (χ2v) is 7.87. The Morgan fingerprint density at radius 1 is 1.55 bits per heavy atom. The minimum Gasteiger partial charge on any atom is -0.337 e. The summed E-state index contributed by atoms with van der Waals surface area (Å²) in [4.78, 5) is 15.2. The number of thiophene rings is 1. The smallest absolute Gasteiger partial charge is 0.235 e. The SMILES string of the molecule is CN(CC(=O)NC1(C#N)CCCC1)Cc1ccc(Br)s1. The molecule has 2 rings (SSSR count). The van der Waals surface area contributed by atoms with E-state index in [0.29, 0.717) is 6.54 Å². The van der Waals surface area contributed by atoms with Crippen LogP contribution in [-0.4, -0.2) is 29.9 Å². The van der Waals surface area contributed by atoms with Gasteiger partial charge in [-0.25, -0.2) is 0 Å². The number of halogens is 1. The van der Waals surface area contributed by atoms with Crippen molar-refractivity contribution in [3.8, 4) is 6.07 Å². The lowest BCUT2D eigenvalue weighted by Gasteiger charge is -2.24. The molecule has 0 atom stereocenters. The Morgan fingerprint density at radius 3 is 2.80 bits per heavy atom. The van der Waals surface area contributed by atoms with Crippen molar-refractivity contribution in [1.29, 1.82) is 5.26 Å². The van der Waals surface area contributed by atoms with Gasteiger partial charge in [-0.15, -0.1) is 11.3 Å². The second kappa shape index (κ2) is 6.70. The molecule has 1 amide bonds. The highest BCUT2D eigenvalue weighted by atomic mass is 79.9. The quantitative estimate of drug-likeness (QED) is 0.883. The predicted octanol–water partition coefficient (Wildman–Crippen LogP) is 2.89. The van der Waals surface area contributed by atoms with Gasteiger partial charge in [0.05, 0.1) is 16.4 Å². The number of nitriles is 1. The van der Waals surface area contributed by atoms with Crippen molar-refractivity contribution in [3.63, 3.8) is 0 Å². The molecule has 1 aromatic rings. The summed E-state index contributed by atoms with van der Waals surface area (Å²) in [6.07, 6.45) is 3.59. The van der Waals surface area contributed by atoms with Gasteiger partial charge in [-0.2, -0.15) is 5.26 Å². The molecule has 0 saturated heterocycles. The van der Waals surface area contributed by atoms with Crippen molar-refractivity contribution in [2.75, 3.05) is 13.6 Å². The van der Waals surface area contributed by atoms with E-state index in [1.54, 1.807) is 11.3 Å². The molecule has 0 radical (unpaired) electrons. The third-order valence-corrected chi connectivity index (χ3v) is 5.13. The molecule has 1 heterocycles. The molecular weight excluding hydrogens is 338 g/mol. The van der Waals surface area contributed by atoms with Gasteiger partial charge in [-0.05, 0) is 60.8 Å². The Labute approximate surface area is 131 Å². The molecule has 20 heavy (non-hydrogen) atoms. The molecule has 0 bridgehead atoms. The molecule has 0 unspecified atom stereocenters. The number of carbonyl (C=O) groups excluding carboxylic acids is 1. The van der Waals surface area contributed by atoms with Gasteiger partial charge in [0.15, 0.2) is 0 Å². The molecule has 6 heteroatoms. The van der Waals surface area contributed by atoms with Gasteiger partial charge >= 0.3 is 0 Å². The fourth-order valence-corrected chi connectivity index (χ4v) is 4.12. The van der Waals surface area contributed by atoms with Crippen LogP contribution >= 0.6 is 27.3 Å². The fraction of sp³-hybridized carbons (Fsp3) is 0.571. The zero-order valence-electron chi connectivity index (χ0n) is 11.5. The van der Waals surface area contributed by atoms with E-state index >= 15 is 0 Å². The van der Waals surface area contributed by atoms with Gasteiger partial charge in [0.1, 0.15) is 5.54 Å². The Bertz CT molecular complexity index is 517. The molecule has 0 spiro atoms. The number of likely N-dealkylation sites (N-methyl/N-ethyl adjacent to an activating group) is 1. The predicted molar refractivity (Wildman–Crippen MR) is 83.3 cm³/mol. The Hall–Kier alpha value is -0.900. The highest BCUT2D eigenvalue weighted by Crippen LogP contribution is 2.28. The van der Waals surface area contributed by atoms with Crippen molar-refractivity contribution < 1.29 is 4.79 Å². The number of carbonyl (C=O) groups is 1. The van der Waals surface area contributed by atoms with Gasteiger partial charge in [0.2, 0.25) is 5.91 Å². The molecule has 1 aromatic heterocycles. The van der Waals surface area contributed by atoms with Gasteiger partial charge < -0.3 is 5.32 Å². The first-order chi connectivity index (χ1) is 9.53. The van der Waals surface area contributed by atoms with Crippen LogP contribution in [0.4, 0.5) is 0 Å². The minimum absolute atomic E-state index is 0.0634. The van der Waals surface area contributed by atoms with E-state index in [9.17, 15) is 10.1 Å². The number of rotatable bonds is 5. The zero-order valence-corrected chi connectivity index (χ0v) is 13.9. The molecule has 1 saturated carbocycles. The summed E-state index contributed by atoms with van der Waals surface area (Å²) in [5.41, 5.74) is -0.621. The monoisotopic (exact) mass is 355 g/mol. The van der Waals surface area contributed by atoms with Crippen molar-refractivity contribution in [3.05, 3.63) is 20.8 Å². The zero-order chi connectivity index (χ0) is 14.6. The van der Waals surface area contributed by atoms with E-state index in [0.717, 1.165) is 36.0 Å². The molecule has 1 aliphatic rings. The summed E-state index contributed by atoms with van der Waals surface area (Å²) < 4.78 is 1.10. The average molecular weight is 356 g/mol. The van der Waals surface area contributed by atoms with Crippen LogP contribution in [0, 0.1) is 11.3 Å². The standard InChI is InChI=1S/C14H18BrN3OS/c1-18(8-11-4-5-12(15)20-11)9-13(19)17-14(10-16)6-2-3-7-14/h4-5H,2-3,6-9H2,1H3,(H,17,19). The van der Waals surface area contributed by atoms with Crippen LogP contribution in [0.1, 0.15) is 30.6 Å². The van der Waals surface area contributed by atoms with Crippen LogP contribution < -0.4 is 5.32 Å². The Kier molecular flexibility index (Phi) is 5.19. The van der Waals surface area contributed by atoms with Crippen LogP contribution in [-0.2, 0) is 11.3 Å². The first-order valence-electron chi connectivity index (χ1n) is 6.68. The summed E-state index contributed by atoms with van der Waals surface area (Å²) in [6.45, 7) is 1.06. The first-order valence-corrected chi connectivity index (χ1v) is 8.29. The highest BCUT2D eigenvalue weighted by Gasteiger charge is 2.35. The van der Waals surface area contributed by atoms with Crippen molar-refractivity contribution >= 4 is 33.2 Å². The summed E-state index contributed by atoms with van der Waals surface area (Å²) >= 11 is 5.10. The van der Waals surface area contributed by atoms with Crippen LogP contribution in [0.25, 0.3) is 0 Å². The summed E-state index contributed by atoms with van der Waals surface area (Å²) in [7, 11) is 1.92. The summed E-state index contributed by atoms with van der Waals surface area (Å²) in [5, 5.41) is 12.2. The summed E-state index contributed by atoms with van der Waals surface area (Å²) in [5.74, 6) is -0.0634. The first kappa shape index (κ1) is 15.5. The third kappa shape index (κ3) is 4.05. The van der Waals surface area contributed by atoms with E-state index in [1.165, 1.54) is 4.88 Å². The molecule has 4 nitrogen and oxygen atoms in total. The second-order valence-electron chi connectivity index (χ2n) is 5.33. The van der Waals surface area contributed by atoms with Gasteiger partial charge in [-0.3, -0.25) is 9.69 Å². The van der Waals surface area contributed by atoms with Crippen molar-refractivity contribution in [1.82, 2.24) is 10.2 Å². The summed E-state index contributed by atoms with van der Waals surface area (Å²) in [6, 6.07) is 6.34. The fourth-order valence-electron chi connectivity index (χ4n) is 2.55. The van der Waals surface area contributed by atoms with E-state index in [2.05, 4.69) is 33.4 Å². The largest absolute Gasteiger partial charge is 0.337 e. The van der Waals surface area contributed by atoms with Gasteiger partial charge in [0, 0.05) is 11.4 Å². The van der Waals surface area contributed by atoms with E-state index in [-0.39, 0.29) is 5.91 Å². The maximum Gasteiger partial charge on any atom is 0.235 e. The minimum atomic E-state index is -0.621. The van der Waals surface area contributed by atoms with Crippen LogP contribution in [0.3, 0.4) is 0 Å². The van der Waals surface area contributed by atoms with Crippen molar-refractivity contribution in [2.24, 2.45) is 0 Å². The lowest BCUT2D eigenvalue weighted by molar-refractivity contribution is -0.123. The average Bonchev–Trinajstić information content (AvgIpc) is 2.99. The number of nitrogens with zero attached hydrogens (tertiary/aromatic N) is 2. The number of hydrogen-bond donors (Lipinski definition) is 1. The number of hydrogen-bond acceptors (Lipinski definition) is 4. The molecule has 0 aliphatic heterocycles. The number of nitrogens with one attached hydrogen (secondary N) is 1. The van der Waals surface area contributed by atoms with Gasteiger partial charge in [-0.1, -0.05) is 0 Å². The molecular formula is C14H18BrN3OS. The highest BCUT2D eigenvalue weighted by molar-refractivity contribution is 9.11. The van der Waals surface area contributed by atoms with E-state index in [4.69, 9.17) is 0 Å². The van der Waals surface area contributed by atoms with Crippen LogP contribution in [0.15, 0.2) is 15.9 Å². The normalized spacial score (nSPS) is 17.1. The lowest BCUT2D eigenvalue weighted by Crippen LogP contribution is -2.48. The lowest BCUT2D eigenvalue weighted by atomic mass is 10.00. The molecule has 1 aliphatic carbocycles. The number of amides is 1. The topological polar surface area (TPSA) is 56.1 Å². The molecule has 1 N–H and O–H groups in total. The van der Waals surface area contributed by atoms with E-state index in [1.807, 2.05) is 18.0 Å². The maximum atomic E-state index is 12.1. The van der Waals surface area contributed by atoms with Crippen LogP contribution in [0.2, 0.25) is 0 Å². The van der Waals surface area contributed by atoms with Gasteiger partial charge in [0.25, 0.3) is 0 Å². The molecule has 108 valence electrons. The van der Waals surface area contributed by atoms with Crippen molar-refractivity contribution in [2.45, 2.75) is 37.8 Å². The third-order valence-electron chi connectivity index (χ3n) is 3.52. The Morgan fingerprint density at radius 2 is 2.25 bits per heavy atom. The Balaban J connectivity index is 1.83. The maximum absolute atomic E-state index is 12.1. The molecule has 1 fully saturated rings. The molecule has 0 aromatic carbocycles. The van der Waals surface area contributed by atoms with Crippen LogP contribution in [0.5, 0.6) is 0 Å².